The van der Waals surface area contributed by atoms with Crippen molar-refractivity contribution in [3.05, 3.63) is 33.9 Å². The summed E-state index contributed by atoms with van der Waals surface area (Å²) in [6.07, 6.45) is -0.783. The molecule has 1 N–H and O–H groups in total. The maximum Gasteiger partial charge on any atom is 0.408 e. The Morgan fingerprint density at radius 3 is 2.28 bits per heavy atom. The molecule has 0 bridgehead atoms. The third-order valence-electron chi connectivity index (χ3n) is 3.29. The average molecular weight is 419 g/mol. The molecule has 2 atom stereocenters. The Morgan fingerprint density at radius 2 is 1.84 bits per heavy atom. The molecular formula is C16H23BrN2O6. The first-order chi connectivity index (χ1) is 11.4. The van der Waals surface area contributed by atoms with Crippen LogP contribution >= 0.6 is 15.9 Å². The van der Waals surface area contributed by atoms with Gasteiger partial charge in [0.2, 0.25) is 0 Å². The van der Waals surface area contributed by atoms with Crippen LogP contribution < -0.4 is 14.8 Å². The Balaban J connectivity index is 3.38. The van der Waals surface area contributed by atoms with E-state index in [1.807, 2.05) is 0 Å². The van der Waals surface area contributed by atoms with Crippen molar-refractivity contribution in [2.45, 2.75) is 43.8 Å². The number of alkyl carbamates (subject to hydrolysis) is 1. The summed E-state index contributed by atoms with van der Waals surface area (Å²) in [7, 11) is 2.91. The van der Waals surface area contributed by atoms with Crippen LogP contribution in [0.25, 0.3) is 0 Å². The molecule has 9 heteroatoms. The fraction of sp³-hybridized carbons (Fsp3) is 0.562. The largest absolute Gasteiger partial charge is 0.497 e. The van der Waals surface area contributed by atoms with E-state index in [4.69, 9.17) is 14.2 Å². The zero-order valence-corrected chi connectivity index (χ0v) is 16.7. The van der Waals surface area contributed by atoms with E-state index in [-0.39, 0.29) is 0 Å². The Bertz CT molecular complexity index is 642. The third-order valence-corrected chi connectivity index (χ3v) is 4.04. The van der Waals surface area contributed by atoms with Crippen molar-refractivity contribution >= 4 is 22.0 Å². The first-order valence-electron chi connectivity index (χ1n) is 7.47. The Morgan fingerprint density at radius 1 is 1.24 bits per heavy atom. The summed E-state index contributed by atoms with van der Waals surface area (Å²) in [6.45, 7) is 6.45. The zero-order chi connectivity index (χ0) is 19.4. The minimum absolute atomic E-state index is 0.370. The molecule has 0 unspecified atom stereocenters. The van der Waals surface area contributed by atoms with Crippen LogP contribution in [-0.2, 0) is 4.74 Å². The number of hydrogen-bond acceptors (Lipinski definition) is 6. The third kappa shape index (κ3) is 5.48. The minimum atomic E-state index is -1.70. The number of nitrogens with one attached hydrogen (secondary N) is 1. The molecule has 1 rings (SSSR count). The summed E-state index contributed by atoms with van der Waals surface area (Å²) in [5.74, 6) is 0.841. The first-order valence-corrected chi connectivity index (χ1v) is 8.26. The van der Waals surface area contributed by atoms with Crippen LogP contribution in [0, 0.1) is 10.1 Å². The summed E-state index contributed by atoms with van der Waals surface area (Å²) in [6, 6.07) is 3.76. The number of carbonyl (C=O) groups excluding carboxylic acids is 1. The summed E-state index contributed by atoms with van der Waals surface area (Å²) >= 11 is 3.10. The second-order valence-electron chi connectivity index (χ2n) is 6.47. The number of nitro groups is 1. The van der Waals surface area contributed by atoms with Gasteiger partial charge in [0.15, 0.2) is 0 Å². The number of methoxy groups -OCH3 is 2. The molecule has 0 saturated carbocycles. The van der Waals surface area contributed by atoms with Crippen molar-refractivity contribution in [1.82, 2.24) is 5.32 Å². The van der Waals surface area contributed by atoms with Gasteiger partial charge >= 0.3 is 6.09 Å². The monoisotopic (exact) mass is 418 g/mol. The fourth-order valence-corrected chi connectivity index (χ4v) is 2.45. The van der Waals surface area contributed by atoms with Gasteiger partial charge in [0.05, 0.1) is 14.2 Å². The van der Waals surface area contributed by atoms with E-state index in [2.05, 4.69) is 21.2 Å². The van der Waals surface area contributed by atoms with Gasteiger partial charge in [0.1, 0.15) is 23.1 Å². The number of alkyl halides is 1. The summed E-state index contributed by atoms with van der Waals surface area (Å²) in [5.41, 5.74) is -0.367. The smallest absolute Gasteiger partial charge is 0.408 e. The lowest BCUT2D eigenvalue weighted by molar-refractivity contribution is -0.536. The topological polar surface area (TPSA) is 99.9 Å². The summed E-state index contributed by atoms with van der Waals surface area (Å²) in [4.78, 5) is 23.2. The molecule has 0 fully saturated rings. The first kappa shape index (κ1) is 21.0. The molecule has 0 aromatic heterocycles. The quantitative estimate of drug-likeness (QED) is 0.327. The summed E-state index contributed by atoms with van der Waals surface area (Å²) in [5, 5.41) is 14.1. The number of hydrogen-bond donors (Lipinski definition) is 1. The maximum absolute atomic E-state index is 12.2. The van der Waals surface area contributed by atoms with Gasteiger partial charge in [0.25, 0.3) is 4.45 Å². The van der Waals surface area contributed by atoms with Crippen molar-refractivity contribution in [2.75, 3.05) is 14.2 Å². The lowest BCUT2D eigenvalue weighted by atomic mass is 9.99. The lowest BCUT2D eigenvalue weighted by Crippen LogP contribution is -2.46. The molecule has 0 aliphatic heterocycles. The zero-order valence-electron chi connectivity index (χ0n) is 15.1. The second-order valence-corrected chi connectivity index (χ2v) is 8.07. The molecule has 1 amide bonds. The highest BCUT2D eigenvalue weighted by molar-refractivity contribution is 9.10. The van der Waals surface area contributed by atoms with E-state index in [0.29, 0.717) is 17.1 Å². The van der Waals surface area contributed by atoms with Gasteiger partial charge in [-0.1, -0.05) is 0 Å². The van der Waals surface area contributed by atoms with Crippen LogP contribution in [0.2, 0.25) is 0 Å². The number of ether oxygens (including phenoxy) is 3. The predicted octanol–water partition coefficient (Wildman–Crippen LogP) is 3.66. The van der Waals surface area contributed by atoms with Gasteiger partial charge in [-0.25, -0.2) is 4.79 Å². The molecule has 1 aromatic carbocycles. The van der Waals surface area contributed by atoms with Crippen LogP contribution in [0.15, 0.2) is 18.2 Å². The van der Waals surface area contributed by atoms with Crippen molar-refractivity contribution in [1.29, 1.82) is 0 Å². The number of benzene rings is 1. The van der Waals surface area contributed by atoms with E-state index in [0.717, 1.165) is 0 Å². The molecule has 140 valence electrons. The van der Waals surface area contributed by atoms with E-state index in [1.165, 1.54) is 21.1 Å². The van der Waals surface area contributed by atoms with Gasteiger partial charge < -0.3 is 19.5 Å². The van der Waals surface area contributed by atoms with Crippen molar-refractivity contribution < 1.29 is 23.9 Å². The second kappa shape index (κ2) is 7.90. The predicted molar refractivity (Wildman–Crippen MR) is 96.0 cm³/mol. The molecule has 0 aliphatic carbocycles. The number of amides is 1. The lowest BCUT2D eigenvalue weighted by Gasteiger charge is -2.29. The van der Waals surface area contributed by atoms with Crippen molar-refractivity contribution in [2.24, 2.45) is 0 Å². The molecular weight excluding hydrogens is 396 g/mol. The van der Waals surface area contributed by atoms with Crippen LogP contribution in [0.4, 0.5) is 4.79 Å². The van der Waals surface area contributed by atoms with E-state index in [9.17, 15) is 14.9 Å². The molecule has 0 heterocycles. The van der Waals surface area contributed by atoms with Crippen LogP contribution in [-0.4, -0.2) is 35.3 Å². The highest BCUT2D eigenvalue weighted by atomic mass is 79.9. The van der Waals surface area contributed by atoms with Crippen LogP contribution in [0.5, 0.6) is 11.5 Å². The molecule has 0 spiro atoms. The van der Waals surface area contributed by atoms with Gasteiger partial charge in [-0.05, 0) is 39.0 Å². The highest BCUT2D eigenvalue weighted by Crippen LogP contribution is 2.40. The van der Waals surface area contributed by atoms with Crippen LogP contribution in [0.1, 0.15) is 39.3 Å². The van der Waals surface area contributed by atoms with Crippen LogP contribution in [0.3, 0.4) is 0 Å². The van der Waals surface area contributed by atoms with E-state index in [1.54, 1.807) is 39.0 Å². The number of nitrogens with zero attached hydrogens (tertiary/aromatic N) is 1. The molecule has 8 nitrogen and oxygen atoms in total. The Labute approximate surface area is 155 Å². The standard InChI is InChI=1S/C16H23BrN2O6/c1-15(2,3)25-14(20)18-13(16(4,17)19(21)22)11-9-10(23-5)7-8-12(11)24-6/h7-9,13H,1-6H3,(H,18,20)/t13-,16+/m1/s1. The average Bonchev–Trinajstić information content (AvgIpc) is 2.49. The molecule has 0 radical (unpaired) electrons. The van der Waals surface area contributed by atoms with Gasteiger partial charge in [-0.3, -0.25) is 10.1 Å². The van der Waals surface area contributed by atoms with Gasteiger partial charge in [0, 0.05) is 33.3 Å². The van der Waals surface area contributed by atoms with E-state index < -0.39 is 27.1 Å². The SMILES string of the molecule is COc1ccc(OC)c([C@@H](NC(=O)OC(C)(C)C)[C@@](C)(Br)[N+](=O)[O-])c1. The van der Waals surface area contributed by atoms with Crippen molar-refractivity contribution in [3.8, 4) is 11.5 Å². The van der Waals surface area contributed by atoms with Gasteiger partial charge in [-0.15, -0.1) is 0 Å². The summed E-state index contributed by atoms with van der Waals surface area (Å²) < 4.78 is 14.0. The number of carbonyl (C=O) groups is 1. The molecule has 0 saturated heterocycles. The molecule has 0 aliphatic rings. The molecule has 1 aromatic rings. The highest BCUT2D eigenvalue weighted by Gasteiger charge is 2.47. The fourth-order valence-electron chi connectivity index (χ4n) is 2.09. The molecule has 25 heavy (non-hydrogen) atoms. The minimum Gasteiger partial charge on any atom is -0.497 e. The van der Waals surface area contributed by atoms with E-state index >= 15 is 0 Å². The number of rotatable bonds is 6. The Hall–Kier alpha value is -2.03. The van der Waals surface area contributed by atoms with Crippen molar-refractivity contribution in [3.63, 3.8) is 0 Å². The number of halogens is 1. The Kier molecular flexibility index (Phi) is 6.64. The normalized spacial score (nSPS) is 14.8. The van der Waals surface area contributed by atoms with Gasteiger partial charge in [-0.2, -0.15) is 0 Å². The maximum atomic E-state index is 12.2.